The Kier molecular flexibility index (Phi) is 4.67. The standard InChI is InChI=1S/C22H26N2O5S/c1-12-8-15-11-19(29-21(15)18(25)9-12)30(27,28)24-22(26)23-20-16-6-2-4-13(16)10-14-5-3-7-17(14)20/h10-12,18,25H,2-9H2,1H3,(H2,23,24,26). The lowest BCUT2D eigenvalue weighted by atomic mass is 9.88. The van der Waals surface area contributed by atoms with Crippen LogP contribution in [0.15, 0.2) is 21.6 Å². The van der Waals surface area contributed by atoms with Crippen LogP contribution in [0.25, 0.3) is 0 Å². The zero-order valence-electron chi connectivity index (χ0n) is 17.0. The molecule has 1 heterocycles. The average Bonchev–Trinajstić information content (AvgIpc) is 3.39. The van der Waals surface area contributed by atoms with Crippen LogP contribution < -0.4 is 10.0 Å². The molecule has 0 saturated heterocycles. The van der Waals surface area contributed by atoms with Crippen molar-refractivity contribution in [1.29, 1.82) is 0 Å². The number of aliphatic hydroxyl groups is 1. The molecule has 0 saturated carbocycles. The number of hydrogen-bond acceptors (Lipinski definition) is 5. The van der Waals surface area contributed by atoms with Crippen LogP contribution in [0.4, 0.5) is 10.5 Å². The number of benzene rings is 1. The Morgan fingerprint density at radius 3 is 2.40 bits per heavy atom. The molecule has 3 aliphatic rings. The van der Waals surface area contributed by atoms with E-state index >= 15 is 0 Å². The molecule has 1 aromatic heterocycles. The van der Waals surface area contributed by atoms with Crippen LogP contribution in [0.3, 0.4) is 0 Å². The number of furan rings is 1. The minimum Gasteiger partial charge on any atom is -0.445 e. The molecule has 0 aliphatic heterocycles. The number of aryl methyl sites for hydroxylation is 2. The predicted octanol–water partition coefficient (Wildman–Crippen LogP) is 3.38. The highest BCUT2D eigenvalue weighted by molar-refractivity contribution is 7.89. The van der Waals surface area contributed by atoms with Gasteiger partial charge in [0.1, 0.15) is 11.9 Å². The van der Waals surface area contributed by atoms with Gasteiger partial charge < -0.3 is 14.8 Å². The van der Waals surface area contributed by atoms with E-state index in [1.54, 1.807) is 0 Å². The lowest BCUT2D eigenvalue weighted by molar-refractivity contribution is 0.106. The minimum absolute atomic E-state index is 0.235. The van der Waals surface area contributed by atoms with Crippen molar-refractivity contribution in [2.24, 2.45) is 5.92 Å². The molecule has 0 spiro atoms. The van der Waals surface area contributed by atoms with Crippen molar-refractivity contribution in [3.63, 3.8) is 0 Å². The quantitative estimate of drug-likeness (QED) is 0.692. The summed E-state index contributed by atoms with van der Waals surface area (Å²) in [5.74, 6) is 0.520. The van der Waals surface area contributed by atoms with E-state index in [1.807, 2.05) is 6.92 Å². The van der Waals surface area contributed by atoms with Gasteiger partial charge in [-0.05, 0) is 85.1 Å². The lowest BCUT2D eigenvalue weighted by Crippen LogP contribution is -2.34. The number of carbonyl (C=O) groups excluding carboxylic acids is 1. The summed E-state index contributed by atoms with van der Waals surface area (Å²) in [6.07, 6.45) is 6.22. The number of hydrogen-bond donors (Lipinski definition) is 3. The molecule has 0 radical (unpaired) electrons. The van der Waals surface area contributed by atoms with E-state index in [4.69, 9.17) is 4.42 Å². The van der Waals surface area contributed by atoms with Gasteiger partial charge in [0, 0.05) is 11.8 Å². The number of urea groups is 1. The molecule has 0 fully saturated rings. The molecule has 1 aromatic carbocycles. The molecule has 2 aromatic rings. The Labute approximate surface area is 175 Å². The van der Waals surface area contributed by atoms with E-state index in [-0.39, 0.29) is 16.8 Å². The highest BCUT2D eigenvalue weighted by Crippen LogP contribution is 2.39. The maximum atomic E-state index is 12.8. The van der Waals surface area contributed by atoms with Crippen molar-refractivity contribution in [1.82, 2.24) is 4.72 Å². The van der Waals surface area contributed by atoms with Crippen LogP contribution in [-0.2, 0) is 42.1 Å². The molecule has 160 valence electrons. The normalized spacial score (nSPS) is 22.3. The van der Waals surface area contributed by atoms with Crippen LogP contribution in [0.2, 0.25) is 0 Å². The molecule has 3 aliphatic carbocycles. The van der Waals surface area contributed by atoms with Crippen LogP contribution in [0.1, 0.15) is 65.9 Å². The van der Waals surface area contributed by atoms with Crippen LogP contribution in [0.5, 0.6) is 0 Å². The molecule has 0 bridgehead atoms. The number of anilines is 1. The first kappa shape index (κ1) is 19.6. The maximum absolute atomic E-state index is 12.8. The summed E-state index contributed by atoms with van der Waals surface area (Å²) < 4.78 is 33.1. The van der Waals surface area contributed by atoms with Gasteiger partial charge in [0.2, 0.25) is 5.09 Å². The second kappa shape index (κ2) is 7.13. The topological polar surface area (TPSA) is 109 Å². The fourth-order valence-corrected chi connectivity index (χ4v) is 6.11. The summed E-state index contributed by atoms with van der Waals surface area (Å²) >= 11 is 0. The Morgan fingerprint density at radius 1 is 1.07 bits per heavy atom. The van der Waals surface area contributed by atoms with Gasteiger partial charge in [0.15, 0.2) is 0 Å². The number of rotatable bonds is 3. The Balaban J connectivity index is 1.39. The van der Waals surface area contributed by atoms with E-state index in [2.05, 4.69) is 16.1 Å². The predicted molar refractivity (Wildman–Crippen MR) is 111 cm³/mol. The third kappa shape index (κ3) is 3.32. The zero-order valence-corrected chi connectivity index (χ0v) is 17.8. The summed E-state index contributed by atoms with van der Waals surface area (Å²) in [7, 11) is -4.18. The molecular weight excluding hydrogens is 404 g/mol. The van der Waals surface area contributed by atoms with E-state index < -0.39 is 22.2 Å². The van der Waals surface area contributed by atoms with Gasteiger partial charge in [0.05, 0.1) is 0 Å². The molecule has 2 unspecified atom stereocenters. The van der Waals surface area contributed by atoms with Crippen molar-refractivity contribution in [2.75, 3.05) is 5.32 Å². The molecule has 5 rings (SSSR count). The summed E-state index contributed by atoms with van der Waals surface area (Å²) in [6, 6.07) is 2.89. The molecule has 8 heteroatoms. The second-order valence-electron chi connectivity index (χ2n) is 8.81. The number of amides is 2. The number of nitrogens with one attached hydrogen (secondary N) is 2. The molecule has 7 nitrogen and oxygen atoms in total. The Morgan fingerprint density at radius 2 is 1.73 bits per heavy atom. The first-order valence-electron chi connectivity index (χ1n) is 10.6. The van der Waals surface area contributed by atoms with Crippen molar-refractivity contribution >= 4 is 21.7 Å². The number of sulfonamides is 1. The van der Waals surface area contributed by atoms with E-state index in [0.29, 0.717) is 18.4 Å². The molecular formula is C22H26N2O5S. The summed E-state index contributed by atoms with van der Waals surface area (Å²) in [4.78, 5) is 12.7. The first-order valence-corrected chi connectivity index (χ1v) is 12.1. The monoisotopic (exact) mass is 430 g/mol. The van der Waals surface area contributed by atoms with Crippen LogP contribution >= 0.6 is 0 Å². The number of aliphatic hydroxyl groups excluding tert-OH is 1. The van der Waals surface area contributed by atoms with Gasteiger partial charge in [-0.3, -0.25) is 0 Å². The molecule has 3 N–H and O–H groups in total. The van der Waals surface area contributed by atoms with E-state index in [0.717, 1.165) is 55.3 Å². The Hall–Kier alpha value is -2.32. The number of fused-ring (bicyclic) bond motifs is 3. The van der Waals surface area contributed by atoms with Crippen molar-refractivity contribution in [3.8, 4) is 0 Å². The van der Waals surface area contributed by atoms with Gasteiger partial charge in [0.25, 0.3) is 10.0 Å². The highest BCUT2D eigenvalue weighted by Gasteiger charge is 2.32. The maximum Gasteiger partial charge on any atom is 0.333 e. The highest BCUT2D eigenvalue weighted by atomic mass is 32.2. The van der Waals surface area contributed by atoms with Gasteiger partial charge in [-0.1, -0.05) is 13.0 Å². The van der Waals surface area contributed by atoms with Gasteiger partial charge in [-0.15, -0.1) is 0 Å². The summed E-state index contributed by atoms with van der Waals surface area (Å²) in [6.45, 7) is 2.00. The fraction of sp³-hybridized carbons (Fsp3) is 0.500. The third-order valence-electron chi connectivity index (χ3n) is 6.52. The van der Waals surface area contributed by atoms with Crippen molar-refractivity contribution in [3.05, 3.63) is 45.7 Å². The smallest absolute Gasteiger partial charge is 0.333 e. The zero-order chi connectivity index (χ0) is 21.0. The largest absolute Gasteiger partial charge is 0.445 e. The van der Waals surface area contributed by atoms with Crippen LogP contribution in [-0.4, -0.2) is 19.6 Å². The first-order chi connectivity index (χ1) is 14.3. The van der Waals surface area contributed by atoms with Crippen LogP contribution in [0, 0.1) is 5.92 Å². The Bertz CT molecular complexity index is 1100. The van der Waals surface area contributed by atoms with Gasteiger partial charge >= 0.3 is 6.03 Å². The minimum atomic E-state index is -4.18. The number of carbonyl (C=O) groups is 1. The second-order valence-corrected chi connectivity index (χ2v) is 10.4. The third-order valence-corrected chi connectivity index (χ3v) is 7.70. The van der Waals surface area contributed by atoms with Gasteiger partial charge in [-0.25, -0.2) is 9.52 Å². The van der Waals surface area contributed by atoms with Crippen molar-refractivity contribution in [2.45, 2.75) is 69.5 Å². The lowest BCUT2D eigenvalue weighted by Gasteiger charge is -2.21. The SMILES string of the molecule is CC1Cc2cc(S(=O)(=O)NC(=O)Nc3c4c(cc5c3CCC5)CCC4)oc2C(O)C1. The molecule has 2 amide bonds. The van der Waals surface area contributed by atoms with Crippen molar-refractivity contribution < 1.29 is 22.7 Å². The van der Waals surface area contributed by atoms with E-state index in [9.17, 15) is 18.3 Å². The fourth-order valence-electron chi connectivity index (χ4n) is 5.22. The average molecular weight is 431 g/mol. The summed E-state index contributed by atoms with van der Waals surface area (Å²) in [5.41, 5.74) is 6.25. The molecule has 30 heavy (non-hydrogen) atoms. The molecule has 2 atom stereocenters. The van der Waals surface area contributed by atoms with E-state index in [1.165, 1.54) is 17.2 Å². The van der Waals surface area contributed by atoms with Gasteiger partial charge in [-0.2, -0.15) is 8.42 Å². The summed E-state index contributed by atoms with van der Waals surface area (Å²) in [5, 5.41) is 12.7.